The number of carbonyl (C=O) groups is 2. The van der Waals surface area contributed by atoms with Crippen LogP contribution in [-0.4, -0.2) is 28.4 Å². The van der Waals surface area contributed by atoms with Gasteiger partial charge in [-0.05, 0) is 49.1 Å². The van der Waals surface area contributed by atoms with Crippen molar-refractivity contribution in [3.8, 4) is 0 Å². The van der Waals surface area contributed by atoms with Crippen LogP contribution in [0.15, 0.2) is 77.9 Å². The minimum absolute atomic E-state index is 0.00276. The Hall–Kier alpha value is -3.78. The average Bonchev–Trinajstić information content (AvgIpc) is 3.40. The first-order chi connectivity index (χ1) is 17.2. The van der Waals surface area contributed by atoms with Crippen molar-refractivity contribution in [2.24, 2.45) is 11.3 Å². The standard InChI is InChI=1S/C28H26N2O6/c1-17-23(31)13-15-27(2)14-12-21-25(24(17)27)35-26(32)28(21)16-22(18-8-10-20(11-9-18)30(33)34)29(36-28)19-6-4-3-5-7-19/h3-11,13,15,21-22,25H,12,14,16H2,1-2H3/t21-,22-,25+,27+,28?/m1/s1. The highest BCUT2D eigenvalue weighted by Gasteiger charge is 2.68. The maximum atomic E-state index is 13.6. The van der Waals surface area contributed by atoms with Crippen molar-refractivity contribution in [1.29, 1.82) is 0 Å². The minimum Gasteiger partial charge on any atom is -0.455 e. The van der Waals surface area contributed by atoms with Crippen LogP contribution >= 0.6 is 0 Å². The van der Waals surface area contributed by atoms with E-state index >= 15 is 0 Å². The number of fused-ring (bicyclic) bond motifs is 4. The molecular formula is C28H26N2O6. The summed E-state index contributed by atoms with van der Waals surface area (Å²) in [6.07, 6.45) is 4.86. The number of non-ortho nitro benzene ring substituents is 1. The molecule has 2 aromatic rings. The molecule has 0 N–H and O–H groups in total. The molecule has 2 aromatic carbocycles. The zero-order valence-electron chi connectivity index (χ0n) is 20.0. The Labute approximate surface area is 208 Å². The molecule has 6 rings (SSSR count). The van der Waals surface area contributed by atoms with Crippen molar-refractivity contribution in [3.63, 3.8) is 0 Å². The van der Waals surface area contributed by atoms with Crippen molar-refractivity contribution in [2.75, 3.05) is 5.06 Å². The van der Waals surface area contributed by atoms with E-state index in [0.29, 0.717) is 18.4 Å². The lowest BCUT2D eigenvalue weighted by Gasteiger charge is -2.44. The van der Waals surface area contributed by atoms with Crippen LogP contribution in [0.1, 0.15) is 44.7 Å². The van der Waals surface area contributed by atoms with Crippen LogP contribution in [0.2, 0.25) is 0 Å². The van der Waals surface area contributed by atoms with E-state index in [-0.39, 0.29) is 28.8 Å². The van der Waals surface area contributed by atoms with Crippen LogP contribution in [0, 0.1) is 21.4 Å². The summed E-state index contributed by atoms with van der Waals surface area (Å²) in [5, 5.41) is 12.9. The molecule has 2 saturated heterocycles. The second kappa shape index (κ2) is 7.86. The summed E-state index contributed by atoms with van der Waals surface area (Å²) in [6, 6.07) is 15.5. The fraction of sp³-hybridized carbons (Fsp3) is 0.357. The third-order valence-electron chi connectivity index (χ3n) is 8.33. The number of hydrogen-bond acceptors (Lipinski definition) is 7. The highest BCUT2D eigenvalue weighted by Crippen LogP contribution is 2.59. The van der Waals surface area contributed by atoms with Crippen molar-refractivity contribution < 1.29 is 24.1 Å². The Kier molecular flexibility index (Phi) is 4.95. The molecule has 5 atom stereocenters. The number of hydroxylamine groups is 1. The number of hydrogen-bond donors (Lipinski definition) is 0. The van der Waals surface area contributed by atoms with Gasteiger partial charge in [0.25, 0.3) is 5.69 Å². The van der Waals surface area contributed by atoms with E-state index in [9.17, 15) is 19.7 Å². The fourth-order valence-electron chi connectivity index (χ4n) is 6.45. The first kappa shape index (κ1) is 22.7. The molecule has 1 spiro atoms. The summed E-state index contributed by atoms with van der Waals surface area (Å²) in [7, 11) is 0. The molecule has 0 bridgehead atoms. The third-order valence-corrected chi connectivity index (χ3v) is 8.33. The number of allylic oxidation sites excluding steroid dienone is 3. The summed E-state index contributed by atoms with van der Waals surface area (Å²) in [6.45, 7) is 3.90. The fourth-order valence-corrected chi connectivity index (χ4v) is 6.45. The lowest BCUT2D eigenvalue weighted by Crippen LogP contribution is -2.47. The van der Waals surface area contributed by atoms with Gasteiger partial charge in [-0.2, -0.15) is 0 Å². The summed E-state index contributed by atoms with van der Waals surface area (Å²) in [5.74, 6) is -0.729. The molecule has 0 amide bonds. The summed E-state index contributed by atoms with van der Waals surface area (Å²) >= 11 is 0. The second-order valence-electron chi connectivity index (χ2n) is 10.3. The van der Waals surface area contributed by atoms with Gasteiger partial charge in [-0.15, -0.1) is 0 Å². The highest BCUT2D eigenvalue weighted by atomic mass is 16.7. The highest BCUT2D eigenvalue weighted by molar-refractivity contribution is 6.06. The lowest BCUT2D eigenvalue weighted by atomic mass is 9.60. The maximum absolute atomic E-state index is 13.6. The number of rotatable bonds is 3. The maximum Gasteiger partial charge on any atom is 0.342 e. The first-order valence-electron chi connectivity index (χ1n) is 12.2. The molecule has 2 heterocycles. The minimum atomic E-state index is -1.22. The van der Waals surface area contributed by atoms with Crippen molar-refractivity contribution >= 4 is 23.1 Å². The van der Waals surface area contributed by atoms with Crippen molar-refractivity contribution in [3.05, 3.63) is 93.6 Å². The smallest absolute Gasteiger partial charge is 0.342 e. The van der Waals surface area contributed by atoms with Gasteiger partial charge in [0.05, 0.1) is 16.7 Å². The molecule has 1 saturated carbocycles. The Balaban J connectivity index is 1.42. The van der Waals surface area contributed by atoms with Gasteiger partial charge in [-0.1, -0.05) is 43.3 Å². The molecule has 4 aliphatic rings. The Morgan fingerprint density at radius 2 is 1.81 bits per heavy atom. The van der Waals surface area contributed by atoms with Crippen LogP contribution in [0.5, 0.6) is 0 Å². The number of esters is 1. The van der Waals surface area contributed by atoms with Gasteiger partial charge in [0.1, 0.15) is 6.10 Å². The normalized spacial score (nSPS) is 33.1. The van der Waals surface area contributed by atoms with Gasteiger partial charge in [0, 0.05) is 35.5 Å². The Bertz CT molecular complexity index is 1330. The van der Waals surface area contributed by atoms with E-state index in [0.717, 1.165) is 23.2 Å². The van der Waals surface area contributed by atoms with Crippen LogP contribution in [0.25, 0.3) is 0 Å². The van der Waals surface area contributed by atoms with Gasteiger partial charge >= 0.3 is 5.97 Å². The van der Waals surface area contributed by atoms with Gasteiger partial charge in [-0.25, -0.2) is 9.86 Å². The Morgan fingerprint density at radius 1 is 1.08 bits per heavy atom. The number of nitro benzene ring substituents is 1. The second-order valence-corrected chi connectivity index (χ2v) is 10.3. The predicted octanol–water partition coefficient (Wildman–Crippen LogP) is 5.01. The van der Waals surface area contributed by atoms with Crippen LogP contribution < -0.4 is 5.06 Å². The zero-order chi connectivity index (χ0) is 25.2. The molecular weight excluding hydrogens is 460 g/mol. The van der Waals surface area contributed by atoms with E-state index in [1.54, 1.807) is 23.3 Å². The molecule has 2 aliphatic carbocycles. The molecule has 36 heavy (non-hydrogen) atoms. The molecule has 8 nitrogen and oxygen atoms in total. The lowest BCUT2D eigenvalue weighted by molar-refractivity contribution is -0.384. The largest absolute Gasteiger partial charge is 0.455 e. The number of benzene rings is 2. The molecule has 184 valence electrons. The van der Waals surface area contributed by atoms with Crippen LogP contribution in [0.4, 0.5) is 11.4 Å². The number of para-hydroxylation sites is 1. The van der Waals surface area contributed by atoms with E-state index in [1.165, 1.54) is 12.1 Å². The van der Waals surface area contributed by atoms with E-state index in [4.69, 9.17) is 9.57 Å². The van der Waals surface area contributed by atoms with Crippen LogP contribution in [-0.2, 0) is 19.2 Å². The quantitative estimate of drug-likeness (QED) is 0.341. The third kappa shape index (κ3) is 3.17. The van der Waals surface area contributed by atoms with E-state index in [2.05, 4.69) is 6.92 Å². The number of nitrogens with zero attached hydrogens (tertiary/aromatic N) is 2. The molecule has 3 fully saturated rings. The first-order valence-corrected chi connectivity index (χ1v) is 12.2. The molecule has 8 heteroatoms. The summed E-state index contributed by atoms with van der Waals surface area (Å²) in [4.78, 5) is 43.5. The van der Waals surface area contributed by atoms with Crippen molar-refractivity contribution in [1.82, 2.24) is 0 Å². The van der Waals surface area contributed by atoms with Gasteiger partial charge in [0.2, 0.25) is 5.60 Å². The molecule has 0 aromatic heterocycles. The molecule has 2 aliphatic heterocycles. The topological polar surface area (TPSA) is 99.0 Å². The summed E-state index contributed by atoms with van der Waals surface area (Å²) < 4.78 is 6.05. The summed E-state index contributed by atoms with van der Waals surface area (Å²) in [5.41, 5.74) is 1.56. The Morgan fingerprint density at radius 3 is 2.50 bits per heavy atom. The van der Waals surface area contributed by atoms with Crippen molar-refractivity contribution in [2.45, 2.75) is 50.9 Å². The SMILES string of the molecule is CC1=C2[C@H]3OC(=O)C4(C[C@H](c5ccc([N+](=O)[O-])cc5)N(c5ccccc5)O4)[C@@H]3CC[C@@]2(C)C=CC1=O. The average molecular weight is 487 g/mol. The van der Waals surface area contributed by atoms with Gasteiger partial charge < -0.3 is 4.74 Å². The van der Waals surface area contributed by atoms with E-state index < -0.39 is 22.6 Å². The predicted molar refractivity (Wildman–Crippen MR) is 131 cm³/mol. The number of ether oxygens (including phenoxy) is 1. The molecule has 1 unspecified atom stereocenters. The monoisotopic (exact) mass is 486 g/mol. The van der Waals surface area contributed by atoms with E-state index in [1.807, 2.05) is 43.3 Å². The molecule has 0 radical (unpaired) electrons. The van der Waals surface area contributed by atoms with Crippen LogP contribution in [0.3, 0.4) is 0 Å². The van der Waals surface area contributed by atoms with Gasteiger partial charge in [-0.3, -0.25) is 19.7 Å². The number of ketones is 1. The van der Waals surface area contributed by atoms with Gasteiger partial charge in [0.15, 0.2) is 5.78 Å². The zero-order valence-corrected chi connectivity index (χ0v) is 20.0. The number of carbonyl (C=O) groups excluding carboxylic acids is 2. The number of anilines is 1. The number of nitro groups is 1.